The van der Waals surface area contributed by atoms with Crippen LogP contribution in [0.5, 0.6) is 0 Å². The standard InChI is InChI=1S/C27H22FN7/c1-35(2)15-16-11-18(14-29-13-16)21-9-10-23-25(30-21)26(34-33-23)27-31-22-8-4-7-20(24(22)32-27)17-5-3-6-19(28)12-17/h3-14H,15H2,1-2H3,(H,31,32)(H,33,34). The molecular formula is C27H22FN7. The van der Waals surface area contributed by atoms with Crippen molar-refractivity contribution in [3.63, 3.8) is 0 Å². The van der Waals surface area contributed by atoms with Crippen molar-refractivity contribution >= 4 is 22.1 Å². The predicted molar refractivity (Wildman–Crippen MR) is 135 cm³/mol. The number of rotatable bonds is 5. The van der Waals surface area contributed by atoms with E-state index in [1.165, 1.54) is 12.1 Å². The summed E-state index contributed by atoms with van der Waals surface area (Å²) in [6.07, 6.45) is 3.69. The van der Waals surface area contributed by atoms with E-state index in [9.17, 15) is 4.39 Å². The molecule has 172 valence electrons. The molecule has 0 spiro atoms. The minimum atomic E-state index is -0.283. The van der Waals surface area contributed by atoms with Crippen molar-refractivity contribution < 1.29 is 4.39 Å². The highest BCUT2D eigenvalue weighted by atomic mass is 19.1. The molecule has 8 heteroatoms. The molecule has 0 amide bonds. The number of fused-ring (bicyclic) bond motifs is 2. The Morgan fingerprint density at radius 1 is 0.857 bits per heavy atom. The van der Waals surface area contributed by atoms with Crippen LogP contribution >= 0.6 is 0 Å². The number of hydrogen-bond donors (Lipinski definition) is 2. The van der Waals surface area contributed by atoms with Crippen molar-refractivity contribution in [2.45, 2.75) is 6.54 Å². The Labute approximate surface area is 200 Å². The number of H-pyrrole nitrogens is 2. The molecule has 0 fully saturated rings. The van der Waals surface area contributed by atoms with Gasteiger partial charge in [0.05, 0.1) is 22.2 Å². The van der Waals surface area contributed by atoms with Crippen LogP contribution in [0.4, 0.5) is 4.39 Å². The van der Waals surface area contributed by atoms with E-state index in [2.05, 4.69) is 31.1 Å². The molecule has 6 aromatic rings. The lowest BCUT2D eigenvalue weighted by molar-refractivity contribution is 0.402. The molecule has 4 heterocycles. The predicted octanol–water partition coefficient (Wildman–Crippen LogP) is 5.43. The third-order valence-electron chi connectivity index (χ3n) is 5.87. The van der Waals surface area contributed by atoms with E-state index in [0.717, 1.165) is 51.0 Å². The quantitative estimate of drug-likeness (QED) is 0.356. The molecule has 0 aliphatic heterocycles. The summed E-state index contributed by atoms with van der Waals surface area (Å²) in [4.78, 5) is 19.6. The Hall–Kier alpha value is -4.43. The fourth-order valence-electron chi connectivity index (χ4n) is 4.34. The molecule has 0 atom stereocenters. The molecule has 4 aromatic heterocycles. The first-order chi connectivity index (χ1) is 17.0. The molecule has 0 aliphatic rings. The molecule has 2 aromatic carbocycles. The maximum atomic E-state index is 13.9. The smallest absolute Gasteiger partial charge is 0.161 e. The van der Waals surface area contributed by atoms with Crippen LogP contribution in [0.25, 0.3) is 56.0 Å². The largest absolute Gasteiger partial charge is 0.336 e. The van der Waals surface area contributed by atoms with Gasteiger partial charge >= 0.3 is 0 Å². The molecule has 0 unspecified atom stereocenters. The summed E-state index contributed by atoms with van der Waals surface area (Å²) >= 11 is 0. The molecule has 0 bridgehead atoms. The topological polar surface area (TPSA) is 86.4 Å². The highest BCUT2D eigenvalue weighted by Gasteiger charge is 2.17. The van der Waals surface area contributed by atoms with Crippen LogP contribution in [-0.2, 0) is 6.54 Å². The Morgan fingerprint density at radius 3 is 2.60 bits per heavy atom. The summed E-state index contributed by atoms with van der Waals surface area (Å²) in [7, 11) is 4.06. The van der Waals surface area contributed by atoms with E-state index in [1.54, 1.807) is 6.07 Å². The monoisotopic (exact) mass is 463 g/mol. The van der Waals surface area contributed by atoms with Gasteiger partial charge in [0.2, 0.25) is 0 Å². The van der Waals surface area contributed by atoms with Gasteiger partial charge in [-0.1, -0.05) is 24.3 Å². The molecular weight excluding hydrogens is 441 g/mol. The van der Waals surface area contributed by atoms with Gasteiger partial charge in [0.25, 0.3) is 0 Å². The van der Waals surface area contributed by atoms with Gasteiger partial charge in [-0.15, -0.1) is 0 Å². The number of imidazole rings is 1. The van der Waals surface area contributed by atoms with Gasteiger partial charge < -0.3 is 9.88 Å². The molecule has 0 aliphatic carbocycles. The molecule has 0 radical (unpaired) electrons. The van der Waals surface area contributed by atoms with Crippen molar-refractivity contribution in [2.24, 2.45) is 0 Å². The van der Waals surface area contributed by atoms with E-state index < -0.39 is 0 Å². The van der Waals surface area contributed by atoms with E-state index in [1.807, 2.05) is 62.9 Å². The average Bonchev–Trinajstić information content (AvgIpc) is 3.47. The van der Waals surface area contributed by atoms with Gasteiger partial charge in [-0.05, 0) is 61.6 Å². The number of para-hydroxylation sites is 1. The number of hydrogen-bond acceptors (Lipinski definition) is 5. The van der Waals surface area contributed by atoms with Crippen LogP contribution in [0.2, 0.25) is 0 Å². The summed E-state index contributed by atoms with van der Waals surface area (Å²) in [6, 6.07) is 18.4. The molecule has 6 rings (SSSR count). The van der Waals surface area contributed by atoms with Crippen LogP contribution < -0.4 is 0 Å². The van der Waals surface area contributed by atoms with E-state index in [-0.39, 0.29) is 5.82 Å². The lowest BCUT2D eigenvalue weighted by atomic mass is 10.0. The van der Waals surface area contributed by atoms with Crippen LogP contribution in [0.1, 0.15) is 5.56 Å². The zero-order valence-electron chi connectivity index (χ0n) is 19.2. The summed E-state index contributed by atoms with van der Waals surface area (Å²) in [5, 5.41) is 7.56. The van der Waals surface area contributed by atoms with Crippen molar-refractivity contribution in [1.82, 2.24) is 35.0 Å². The third kappa shape index (κ3) is 3.94. The minimum Gasteiger partial charge on any atom is -0.336 e. The van der Waals surface area contributed by atoms with Gasteiger partial charge in [-0.3, -0.25) is 10.1 Å². The lowest BCUT2D eigenvalue weighted by Gasteiger charge is -2.10. The second kappa shape index (κ2) is 8.41. The maximum absolute atomic E-state index is 13.9. The van der Waals surface area contributed by atoms with Crippen molar-refractivity contribution in [3.05, 3.63) is 84.4 Å². The van der Waals surface area contributed by atoms with E-state index >= 15 is 0 Å². The molecule has 0 saturated heterocycles. The molecule has 35 heavy (non-hydrogen) atoms. The first-order valence-electron chi connectivity index (χ1n) is 11.2. The highest BCUT2D eigenvalue weighted by molar-refractivity contribution is 5.96. The number of pyridine rings is 2. The first-order valence-corrected chi connectivity index (χ1v) is 11.2. The average molecular weight is 464 g/mol. The zero-order chi connectivity index (χ0) is 23.9. The molecule has 0 saturated carbocycles. The number of nitrogens with zero attached hydrogens (tertiary/aromatic N) is 5. The minimum absolute atomic E-state index is 0.283. The Kier molecular flexibility index (Phi) is 5.08. The van der Waals surface area contributed by atoms with Crippen molar-refractivity contribution in [3.8, 4) is 33.9 Å². The Bertz CT molecular complexity index is 1680. The number of nitrogens with one attached hydrogen (secondary N) is 2. The first kappa shape index (κ1) is 21.1. The normalized spacial score (nSPS) is 11.7. The number of aromatic amines is 2. The van der Waals surface area contributed by atoms with Gasteiger partial charge in [-0.2, -0.15) is 5.10 Å². The lowest BCUT2D eigenvalue weighted by Crippen LogP contribution is -2.10. The van der Waals surface area contributed by atoms with Gasteiger partial charge in [0, 0.05) is 30.1 Å². The van der Waals surface area contributed by atoms with Crippen LogP contribution in [0.3, 0.4) is 0 Å². The number of aromatic nitrogens is 6. The van der Waals surface area contributed by atoms with Gasteiger partial charge in [-0.25, -0.2) is 14.4 Å². The summed E-state index contributed by atoms with van der Waals surface area (Å²) in [5.41, 5.74) is 8.23. The fraction of sp³-hybridized carbons (Fsp3) is 0.111. The van der Waals surface area contributed by atoms with Gasteiger partial charge in [0.15, 0.2) is 11.5 Å². The third-order valence-corrected chi connectivity index (χ3v) is 5.87. The van der Waals surface area contributed by atoms with Crippen molar-refractivity contribution in [2.75, 3.05) is 14.1 Å². The zero-order valence-corrected chi connectivity index (χ0v) is 19.2. The fourth-order valence-corrected chi connectivity index (χ4v) is 4.34. The van der Waals surface area contributed by atoms with Crippen LogP contribution in [0, 0.1) is 5.82 Å². The summed E-state index contributed by atoms with van der Waals surface area (Å²) in [6.45, 7) is 0.798. The highest BCUT2D eigenvalue weighted by Crippen LogP contribution is 2.32. The molecule has 7 nitrogen and oxygen atoms in total. The van der Waals surface area contributed by atoms with Crippen LogP contribution in [0.15, 0.2) is 73.1 Å². The second-order valence-corrected chi connectivity index (χ2v) is 8.78. The second-order valence-electron chi connectivity index (χ2n) is 8.78. The SMILES string of the molecule is CN(C)Cc1cncc(-c2ccc3[nH]nc(-c4nc5c(-c6cccc(F)c6)cccc5[nH]4)c3n2)c1. The Morgan fingerprint density at radius 2 is 1.74 bits per heavy atom. The van der Waals surface area contributed by atoms with Gasteiger partial charge in [0.1, 0.15) is 11.3 Å². The summed E-state index contributed by atoms with van der Waals surface area (Å²) < 4.78 is 13.9. The van der Waals surface area contributed by atoms with E-state index in [4.69, 9.17) is 9.97 Å². The summed E-state index contributed by atoms with van der Waals surface area (Å²) in [5.74, 6) is 0.314. The van der Waals surface area contributed by atoms with Crippen LogP contribution in [-0.4, -0.2) is 49.1 Å². The Balaban J connectivity index is 1.45. The molecule has 2 N–H and O–H groups in total. The number of halogens is 1. The van der Waals surface area contributed by atoms with E-state index in [0.29, 0.717) is 17.0 Å². The maximum Gasteiger partial charge on any atom is 0.161 e. The number of benzene rings is 2. The van der Waals surface area contributed by atoms with Crippen molar-refractivity contribution in [1.29, 1.82) is 0 Å².